The summed E-state index contributed by atoms with van der Waals surface area (Å²) < 4.78 is 0. The standard InChI is InChI=1S/C32H24N2O3S/c1-19-12-14-21(15-13-19)29(35)27-28(30(36)25-11-6-18-38-25)34-24-10-5-2-7-20(24)16-17-26(34)32(27)22-8-3-4-9-23(22)33-31(32)37/h2-18,26-28H,1H3,(H,33,37)/t26-,27-,28+,32+/m0/s1. The van der Waals surface area contributed by atoms with E-state index in [4.69, 9.17) is 0 Å². The van der Waals surface area contributed by atoms with Gasteiger partial charge >= 0.3 is 0 Å². The average molecular weight is 517 g/mol. The number of nitrogens with one attached hydrogen (secondary N) is 1. The Labute approximate surface area is 224 Å². The number of hydrogen-bond donors (Lipinski definition) is 1. The Bertz CT molecular complexity index is 1640. The molecule has 4 atom stereocenters. The van der Waals surface area contributed by atoms with Crippen molar-refractivity contribution in [3.05, 3.63) is 124 Å². The van der Waals surface area contributed by atoms with Gasteiger partial charge in [0.25, 0.3) is 0 Å². The van der Waals surface area contributed by atoms with Gasteiger partial charge in [-0.25, -0.2) is 0 Å². The van der Waals surface area contributed by atoms with Gasteiger partial charge in [0.1, 0.15) is 11.5 Å². The second kappa shape index (κ2) is 8.36. The van der Waals surface area contributed by atoms with Crippen molar-refractivity contribution in [1.29, 1.82) is 0 Å². The Morgan fingerprint density at radius 2 is 1.66 bits per heavy atom. The number of aryl methyl sites for hydroxylation is 1. The largest absolute Gasteiger partial charge is 0.352 e. The fraction of sp³-hybridized carbons (Fsp3) is 0.156. The number of benzene rings is 3. The lowest BCUT2D eigenvalue weighted by Crippen LogP contribution is -2.51. The van der Waals surface area contributed by atoms with Crippen molar-refractivity contribution >= 4 is 46.3 Å². The van der Waals surface area contributed by atoms with E-state index in [1.54, 1.807) is 18.2 Å². The fourth-order valence-electron chi connectivity index (χ4n) is 6.58. The van der Waals surface area contributed by atoms with Gasteiger partial charge < -0.3 is 10.2 Å². The molecule has 0 saturated carbocycles. The molecule has 0 bridgehead atoms. The Kier molecular flexibility index (Phi) is 5.03. The number of thiophene rings is 1. The van der Waals surface area contributed by atoms with Crippen LogP contribution in [0.2, 0.25) is 0 Å². The molecule has 0 aliphatic carbocycles. The number of ketones is 2. The molecule has 3 aliphatic heterocycles. The number of Topliss-reactive ketones (excluding diaryl/α,β-unsaturated/α-hetero) is 2. The minimum Gasteiger partial charge on any atom is -0.352 e. The molecule has 38 heavy (non-hydrogen) atoms. The topological polar surface area (TPSA) is 66.5 Å². The van der Waals surface area contributed by atoms with Crippen LogP contribution in [0.25, 0.3) is 6.08 Å². The summed E-state index contributed by atoms with van der Waals surface area (Å²) in [5, 5.41) is 4.94. The molecule has 4 heterocycles. The second-order valence-electron chi connectivity index (χ2n) is 10.1. The van der Waals surface area contributed by atoms with Crippen molar-refractivity contribution in [1.82, 2.24) is 0 Å². The Morgan fingerprint density at radius 1 is 0.895 bits per heavy atom. The number of hydrogen-bond acceptors (Lipinski definition) is 5. The van der Waals surface area contributed by atoms with Gasteiger partial charge in [0.2, 0.25) is 5.91 Å². The summed E-state index contributed by atoms with van der Waals surface area (Å²) in [4.78, 5) is 45.9. The van der Waals surface area contributed by atoms with Crippen molar-refractivity contribution < 1.29 is 14.4 Å². The minimum absolute atomic E-state index is 0.144. The normalized spacial score (nSPS) is 24.6. The lowest BCUT2D eigenvalue weighted by Gasteiger charge is -2.37. The van der Waals surface area contributed by atoms with Gasteiger partial charge in [-0.05, 0) is 41.6 Å². The van der Waals surface area contributed by atoms with Crippen LogP contribution >= 0.6 is 11.3 Å². The Morgan fingerprint density at radius 3 is 2.45 bits per heavy atom. The van der Waals surface area contributed by atoms with Crippen LogP contribution in [0.5, 0.6) is 0 Å². The first-order valence-electron chi connectivity index (χ1n) is 12.7. The van der Waals surface area contributed by atoms with Crippen molar-refractivity contribution in [3.8, 4) is 0 Å². The van der Waals surface area contributed by atoms with E-state index < -0.39 is 23.4 Å². The molecule has 4 aromatic rings. The van der Waals surface area contributed by atoms with Crippen LogP contribution < -0.4 is 10.2 Å². The summed E-state index contributed by atoms with van der Waals surface area (Å²) in [6.45, 7) is 1.97. The molecule has 3 aliphatic rings. The molecule has 1 N–H and O–H groups in total. The lowest BCUT2D eigenvalue weighted by atomic mass is 9.64. The third kappa shape index (κ3) is 3.01. The maximum Gasteiger partial charge on any atom is 0.238 e. The molecule has 1 fully saturated rings. The number of nitrogens with zero attached hydrogens (tertiary/aromatic N) is 1. The smallest absolute Gasteiger partial charge is 0.238 e. The van der Waals surface area contributed by atoms with E-state index in [-0.39, 0.29) is 17.5 Å². The molecule has 1 amide bonds. The minimum atomic E-state index is -1.28. The molecule has 6 heteroatoms. The van der Waals surface area contributed by atoms with Crippen LogP contribution in [-0.2, 0) is 10.2 Å². The highest BCUT2D eigenvalue weighted by molar-refractivity contribution is 7.12. The van der Waals surface area contributed by atoms with E-state index in [1.807, 2.05) is 96.1 Å². The van der Waals surface area contributed by atoms with Crippen LogP contribution in [0.1, 0.15) is 36.7 Å². The van der Waals surface area contributed by atoms with E-state index >= 15 is 0 Å². The summed E-state index contributed by atoms with van der Waals surface area (Å²) in [5.41, 5.74) is 3.51. The number of carbonyl (C=O) groups excluding carboxylic acids is 3. The van der Waals surface area contributed by atoms with Gasteiger partial charge in [0.05, 0.1) is 16.8 Å². The fourth-order valence-corrected chi connectivity index (χ4v) is 7.28. The molecule has 1 aromatic heterocycles. The third-order valence-corrected chi connectivity index (χ3v) is 9.08. The van der Waals surface area contributed by atoms with Crippen LogP contribution in [-0.4, -0.2) is 29.6 Å². The van der Waals surface area contributed by atoms with Crippen LogP contribution in [0, 0.1) is 12.8 Å². The maximum atomic E-state index is 14.6. The summed E-state index contributed by atoms with van der Waals surface area (Å²) in [7, 11) is 0. The zero-order valence-electron chi connectivity index (χ0n) is 20.6. The number of para-hydroxylation sites is 2. The van der Waals surface area contributed by atoms with E-state index in [2.05, 4.69) is 5.32 Å². The SMILES string of the molecule is Cc1ccc(C(=O)[C@@H]2[C@H](C(=O)c3cccs3)N3c4ccccc4C=C[C@H]3[C@@]23C(=O)Nc2ccccc23)cc1. The number of anilines is 2. The van der Waals surface area contributed by atoms with E-state index in [9.17, 15) is 14.4 Å². The predicted molar refractivity (Wildman–Crippen MR) is 150 cm³/mol. The molecule has 5 nitrogen and oxygen atoms in total. The molecular weight excluding hydrogens is 492 g/mol. The number of amides is 1. The summed E-state index contributed by atoms with van der Waals surface area (Å²) >= 11 is 1.36. The number of fused-ring (bicyclic) bond motifs is 6. The monoisotopic (exact) mass is 516 g/mol. The number of carbonyl (C=O) groups is 3. The van der Waals surface area contributed by atoms with Gasteiger partial charge in [-0.15, -0.1) is 11.3 Å². The van der Waals surface area contributed by atoms with Crippen molar-refractivity contribution in [3.63, 3.8) is 0 Å². The van der Waals surface area contributed by atoms with Gasteiger partial charge in [0.15, 0.2) is 11.6 Å². The van der Waals surface area contributed by atoms with Crippen LogP contribution in [0.15, 0.2) is 96.4 Å². The highest BCUT2D eigenvalue weighted by atomic mass is 32.1. The summed E-state index contributed by atoms with van der Waals surface area (Å²) in [6.07, 6.45) is 4.01. The zero-order chi connectivity index (χ0) is 26.0. The molecule has 1 spiro atoms. The third-order valence-electron chi connectivity index (χ3n) is 8.19. The zero-order valence-corrected chi connectivity index (χ0v) is 21.4. The number of rotatable bonds is 4. The second-order valence-corrected chi connectivity index (χ2v) is 11.1. The van der Waals surface area contributed by atoms with E-state index in [0.717, 1.165) is 22.4 Å². The quantitative estimate of drug-likeness (QED) is 0.343. The van der Waals surface area contributed by atoms with Crippen molar-refractivity contribution in [2.45, 2.75) is 24.4 Å². The molecule has 3 aromatic carbocycles. The van der Waals surface area contributed by atoms with Crippen molar-refractivity contribution in [2.24, 2.45) is 5.92 Å². The first kappa shape index (κ1) is 22.9. The molecular formula is C32H24N2O3S. The highest BCUT2D eigenvalue weighted by Gasteiger charge is 2.70. The summed E-state index contributed by atoms with van der Waals surface area (Å²) in [6, 6.07) is 25.1. The van der Waals surface area contributed by atoms with Gasteiger partial charge in [-0.3, -0.25) is 14.4 Å². The molecule has 1 saturated heterocycles. The molecule has 186 valence electrons. The average Bonchev–Trinajstić information content (AvgIpc) is 3.65. The maximum absolute atomic E-state index is 14.6. The first-order chi connectivity index (χ1) is 18.5. The molecule has 0 unspecified atom stereocenters. The Balaban J connectivity index is 1.54. The van der Waals surface area contributed by atoms with Gasteiger partial charge in [-0.1, -0.05) is 84.4 Å². The van der Waals surface area contributed by atoms with E-state index in [0.29, 0.717) is 16.1 Å². The van der Waals surface area contributed by atoms with E-state index in [1.165, 1.54) is 11.3 Å². The molecule has 0 radical (unpaired) electrons. The van der Waals surface area contributed by atoms with Gasteiger partial charge in [-0.2, -0.15) is 0 Å². The Hall–Kier alpha value is -4.29. The van der Waals surface area contributed by atoms with Gasteiger partial charge in [0, 0.05) is 16.9 Å². The highest BCUT2D eigenvalue weighted by Crippen LogP contribution is 2.58. The van der Waals surface area contributed by atoms with Crippen molar-refractivity contribution in [2.75, 3.05) is 10.2 Å². The summed E-state index contributed by atoms with van der Waals surface area (Å²) in [5.74, 6) is -1.53. The van der Waals surface area contributed by atoms with Crippen LogP contribution in [0.4, 0.5) is 11.4 Å². The van der Waals surface area contributed by atoms with Crippen LogP contribution in [0.3, 0.4) is 0 Å². The molecule has 7 rings (SSSR count). The lowest BCUT2D eigenvalue weighted by molar-refractivity contribution is -0.121. The first-order valence-corrected chi connectivity index (χ1v) is 13.5. The predicted octanol–water partition coefficient (Wildman–Crippen LogP) is 5.91.